The van der Waals surface area contributed by atoms with Crippen molar-refractivity contribution in [2.45, 2.75) is 50.2 Å². The lowest BCUT2D eigenvalue weighted by atomic mass is 10.0. The second kappa shape index (κ2) is 10.8. The van der Waals surface area contributed by atoms with E-state index in [1.54, 1.807) is 63.1 Å². The lowest BCUT2D eigenvalue weighted by molar-refractivity contribution is -0.109. The predicted molar refractivity (Wildman–Crippen MR) is 127 cm³/mol. The zero-order chi connectivity index (χ0) is 24.8. The average Bonchev–Trinajstić information content (AvgIpc) is 2.70. The number of hydrogen-bond acceptors (Lipinski definition) is 6. The zero-order valence-electron chi connectivity index (χ0n) is 19.6. The van der Waals surface area contributed by atoms with Gasteiger partial charge in [-0.1, -0.05) is 24.3 Å². The number of benzene rings is 2. The lowest BCUT2D eigenvalue weighted by Gasteiger charge is -2.23. The monoisotopic (exact) mass is 478 g/mol. The summed E-state index contributed by atoms with van der Waals surface area (Å²) >= 11 is 0. The zero-order valence-corrected chi connectivity index (χ0v) is 20.4. The van der Waals surface area contributed by atoms with E-state index in [4.69, 9.17) is 4.74 Å². The molecule has 0 fully saturated rings. The van der Waals surface area contributed by atoms with Gasteiger partial charge in [-0.05, 0) is 57.4 Å². The number of sulfone groups is 1. The Morgan fingerprint density at radius 2 is 1.88 bits per heavy atom. The van der Waals surface area contributed by atoms with Gasteiger partial charge in [-0.3, -0.25) is 0 Å². The van der Waals surface area contributed by atoms with Crippen molar-refractivity contribution < 1.29 is 27.1 Å². The van der Waals surface area contributed by atoms with Crippen LogP contribution >= 0.6 is 0 Å². The van der Waals surface area contributed by atoms with Gasteiger partial charge < -0.3 is 19.7 Å². The highest BCUT2D eigenvalue weighted by Crippen LogP contribution is 2.30. The van der Waals surface area contributed by atoms with Crippen LogP contribution in [0.5, 0.6) is 0 Å². The normalized spacial score (nSPS) is 12.7. The highest BCUT2D eigenvalue weighted by molar-refractivity contribution is 7.90. The van der Waals surface area contributed by atoms with E-state index >= 15 is 0 Å². The van der Waals surface area contributed by atoms with Gasteiger partial charge in [0.2, 0.25) is 0 Å². The van der Waals surface area contributed by atoms with Crippen LogP contribution in [0, 0.1) is 5.82 Å². The minimum atomic E-state index is -3.46. The summed E-state index contributed by atoms with van der Waals surface area (Å²) in [6.07, 6.45) is 2.00. The Hall–Kier alpha value is -2.94. The molecule has 33 heavy (non-hydrogen) atoms. The molecule has 1 atom stereocenters. The molecule has 0 saturated heterocycles. The number of anilines is 1. The van der Waals surface area contributed by atoms with E-state index in [0.717, 1.165) is 6.26 Å². The van der Waals surface area contributed by atoms with E-state index in [2.05, 4.69) is 5.32 Å². The Balaban J connectivity index is 2.03. The van der Waals surface area contributed by atoms with E-state index in [9.17, 15) is 22.4 Å². The second-order valence-corrected chi connectivity index (χ2v) is 10.9. The van der Waals surface area contributed by atoms with Crippen LogP contribution in [0.15, 0.2) is 47.4 Å². The van der Waals surface area contributed by atoms with Gasteiger partial charge >= 0.3 is 6.09 Å². The lowest BCUT2D eigenvalue weighted by Crippen LogP contribution is -2.40. The van der Waals surface area contributed by atoms with E-state index < -0.39 is 33.4 Å². The first-order valence-electron chi connectivity index (χ1n) is 10.6. The molecule has 0 spiro atoms. The summed E-state index contributed by atoms with van der Waals surface area (Å²) in [5.74, 6) is -0.489. The first-order valence-corrected chi connectivity index (χ1v) is 12.5. The van der Waals surface area contributed by atoms with Crippen molar-refractivity contribution in [1.82, 2.24) is 5.32 Å². The van der Waals surface area contributed by atoms with Gasteiger partial charge in [-0.15, -0.1) is 0 Å². The minimum absolute atomic E-state index is 0.142. The van der Waals surface area contributed by atoms with Crippen molar-refractivity contribution in [3.63, 3.8) is 0 Å². The molecule has 0 heterocycles. The molecule has 7 nitrogen and oxygen atoms in total. The molecule has 0 radical (unpaired) electrons. The number of hydrogen-bond donors (Lipinski definition) is 1. The van der Waals surface area contributed by atoms with Gasteiger partial charge in [0.25, 0.3) is 0 Å². The topological polar surface area (TPSA) is 92.8 Å². The number of nitrogens with zero attached hydrogens (tertiary/aromatic N) is 1. The van der Waals surface area contributed by atoms with Gasteiger partial charge in [0.05, 0.1) is 16.6 Å². The number of alkyl carbamates (subject to hydrolysis) is 1. The highest BCUT2D eigenvalue weighted by atomic mass is 32.2. The summed E-state index contributed by atoms with van der Waals surface area (Å²) < 4.78 is 44.1. The maximum absolute atomic E-state index is 14.9. The quantitative estimate of drug-likeness (QED) is 0.543. The maximum Gasteiger partial charge on any atom is 0.408 e. The molecular weight excluding hydrogens is 447 g/mol. The van der Waals surface area contributed by atoms with Gasteiger partial charge in [-0.25, -0.2) is 17.6 Å². The van der Waals surface area contributed by atoms with Crippen molar-refractivity contribution in [2.75, 3.05) is 24.7 Å². The third-order valence-electron chi connectivity index (χ3n) is 4.83. The summed E-state index contributed by atoms with van der Waals surface area (Å²) in [6.45, 7) is 5.64. The average molecular weight is 479 g/mol. The fraction of sp³-hybridized carbons (Fsp3) is 0.417. The molecule has 2 aromatic rings. The molecular formula is C24H31FN2O5S. The standard InChI is InChI=1S/C24H31FN2O5S/c1-24(2,3)32-23(29)26-18(16-28)9-8-14-27(4)21-13-12-17(15-20(21)25)19-10-6-7-11-22(19)33(5,30)31/h6-7,10-13,15-16,18H,8-9,14H2,1-5H3,(H,26,29). The largest absolute Gasteiger partial charge is 0.444 e. The predicted octanol–water partition coefficient (Wildman–Crippen LogP) is 4.20. The first kappa shape index (κ1) is 26.3. The fourth-order valence-electron chi connectivity index (χ4n) is 3.31. The number of nitrogens with one attached hydrogen (secondary N) is 1. The van der Waals surface area contributed by atoms with Crippen LogP contribution in [0.3, 0.4) is 0 Å². The van der Waals surface area contributed by atoms with Crippen molar-refractivity contribution >= 4 is 27.9 Å². The summed E-state index contributed by atoms with van der Waals surface area (Å²) in [5, 5.41) is 2.52. The number of amides is 1. The number of aldehydes is 1. The Morgan fingerprint density at radius 3 is 2.45 bits per heavy atom. The number of halogens is 1. The van der Waals surface area contributed by atoms with Gasteiger partial charge in [-0.2, -0.15) is 0 Å². The fourth-order valence-corrected chi connectivity index (χ4v) is 4.23. The van der Waals surface area contributed by atoms with Gasteiger partial charge in [0, 0.05) is 25.4 Å². The molecule has 9 heteroatoms. The van der Waals surface area contributed by atoms with Crippen molar-refractivity contribution in [2.24, 2.45) is 0 Å². The van der Waals surface area contributed by atoms with Crippen molar-refractivity contribution in [3.8, 4) is 11.1 Å². The molecule has 2 rings (SSSR count). The third kappa shape index (κ3) is 7.85. The summed E-state index contributed by atoms with van der Waals surface area (Å²) in [4.78, 5) is 25.0. The molecule has 180 valence electrons. The molecule has 2 aromatic carbocycles. The maximum atomic E-state index is 14.9. The van der Waals surface area contributed by atoms with Crippen LogP contribution in [0.2, 0.25) is 0 Å². The highest BCUT2D eigenvalue weighted by Gasteiger charge is 2.20. The summed E-state index contributed by atoms with van der Waals surface area (Å²) in [5.41, 5.74) is 0.588. The van der Waals surface area contributed by atoms with Gasteiger partial charge in [0.15, 0.2) is 9.84 Å². The first-order chi connectivity index (χ1) is 15.3. The van der Waals surface area contributed by atoms with E-state index in [1.807, 2.05) is 0 Å². The van der Waals surface area contributed by atoms with Gasteiger partial charge in [0.1, 0.15) is 17.7 Å². The van der Waals surface area contributed by atoms with Crippen LogP contribution in [0.1, 0.15) is 33.6 Å². The number of rotatable bonds is 9. The summed E-state index contributed by atoms with van der Waals surface area (Å²) in [7, 11) is -1.74. The van der Waals surface area contributed by atoms with E-state index in [-0.39, 0.29) is 4.90 Å². The van der Waals surface area contributed by atoms with Crippen LogP contribution in [0.25, 0.3) is 11.1 Å². The molecule has 0 aliphatic heterocycles. The number of carbonyl (C=O) groups excluding carboxylic acids is 2. The van der Waals surface area contributed by atoms with Crippen molar-refractivity contribution in [1.29, 1.82) is 0 Å². The van der Waals surface area contributed by atoms with E-state index in [0.29, 0.717) is 42.5 Å². The molecule has 1 N–H and O–H groups in total. The molecule has 0 bridgehead atoms. The molecule has 0 aliphatic rings. The minimum Gasteiger partial charge on any atom is -0.444 e. The number of ether oxygens (including phenoxy) is 1. The molecule has 1 unspecified atom stereocenters. The third-order valence-corrected chi connectivity index (χ3v) is 5.99. The Labute approximate surface area is 194 Å². The Morgan fingerprint density at radius 1 is 1.21 bits per heavy atom. The second-order valence-electron chi connectivity index (χ2n) is 8.89. The molecule has 0 aliphatic carbocycles. The molecule has 0 aromatic heterocycles. The van der Waals surface area contributed by atoms with Crippen LogP contribution in [0.4, 0.5) is 14.9 Å². The Bertz CT molecular complexity index is 1100. The molecule has 0 saturated carbocycles. The Kier molecular flexibility index (Phi) is 8.60. The van der Waals surface area contributed by atoms with Crippen LogP contribution in [-0.2, 0) is 19.4 Å². The van der Waals surface area contributed by atoms with Crippen LogP contribution in [-0.4, -0.2) is 52.3 Å². The van der Waals surface area contributed by atoms with E-state index in [1.165, 1.54) is 12.1 Å². The van der Waals surface area contributed by atoms with Crippen molar-refractivity contribution in [3.05, 3.63) is 48.3 Å². The number of carbonyl (C=O) groups is 2. The SMILES string of the molecule is CN(CCCC(C=O)NC(=O)OC(C)(C)C)c1ccc(-c2ccccc2S(C)(=O)=O)cc1F. The molecule has 1 amide bonds. The summed E-state index contributed by atoms with van der Waals surface area (Å²) in [6, 6.07) is 10.4. The van der Waals surface area contributed by atoms with Crippen LogP contribution < -0.4 is 10.2 Å². The smallest absolute Gasteiger partial charge is 0.408 e.